The summed E-state index contributed by atoms with van der Waals surface area (Å²) < 4.78 is 5.75. The van der Waals surface area contributed by atoms with Crippen molar-refractivity contribution >= 4 is 10.9 Å². The van der Waals surface area contributed by atoms with Crippen LogP contribution in [0.2, 0.25) is 0 Å². The molecule has 0 amide bonds. The van der Waals surface area contributed by atoms with Gasteiger partial charge in [0.2, 0.25) is 5.88 Å². The maximum Gasteiger partial charge on any atom is 0.224 e. The monoisotopic (exact) mass is 280 g/mol. The molecule has 4 nitrogen and oxygen atoms in total. The van der Waals surface area contributed by atoms with E-state index in [1.807, 2.05) is 42.5 Å². The third-order valence-electron chi connectivity index (χ3n) is 3.33. The van der Waals surface area contributed by atoms with Gasteiger partial charge in [-0.3, -0.25) is 0 Å². The Morgan fingerprint density at radius 2 is 1.76 bits per heavy atom. The molecule has 0 atom stereocenters. The zero-order chi connectivity index (χ0) is 14.5. The fraction of sp³-hybridized carbons (Fsp3) is 0.176. The molecule has 0 radical (unpaired) electrons. The average molecular weight is 280 g/mol. The third kappa shape index (κ3) is 3.11. The lowest BCUT2D eigenvalue weighted by molar-refractivity contribution is 0.302. The highest BCUT2D eigenvalue weighted by molar-refractivity contribution is 5.82. The topological polar surface area (TPSA) is 55.2 Å². The molecule has 3 aromatic rings. The summed E-state index contributed by atoms with van der Waals surface area (Å²) in [4.78, 5) is 8.39. The minimum Gasteiger partial charge on any atom is -0.508 e. The van der Waals surface area contributed by atoms with Crippen molar-refractivity contribution in [2.45, 2.75) is 12.8 Å². The molecule has 1 heterocycles. The molecule has 1 N–H and O–H groups in total. The van der Waals surface area contributed by atoms with E-state index < -0.39 is 0 Å². The molecular formula is C17H16N2O2. The number of benzene rings is 2. The molecule has 0 saturated carbocycles. The third-order valence-corrected chi connectivity index (χ3v) is 3.33. The van der Waals surface area contributed by atoms with Gasteiger partial charge < -0.3 is 9.84 Å². The minimum absolute atomic E-state index is 0.338. The lowest BCUT2D eigenvalue weighted by Crippen LogP contribution is -2.02. The number of aromatic hydroxyl groups is 1. The molecule has 0 aliphatic rings. The number of hydrogen-bond donors (Lipinski definition) is 1. The summed E-state index contributed by atoms with van der Waals surface area (Å²) in [6.45, 7) is 0.551. The molecule has 0 fully saturated rings. The second kappa shape index (κ2) is 6.22. The summed E-state index contributed by atoms with van der Waals surface area (Å²) in [6, 6.07) is 15.1. The molecule has 0 bridgehead atoms. The van der Waals surface area contributed by atoms with Gasteiger partial charge in [-0.1, -0.05) is 30.3 Å². The van der Waals surface area contributed by atoms with Crippen LogP contribution >= 0.6 is 0 Å². The van der Waals surface area contributed by atoms with Crippen LogP contribution in [0.4, 0.5) is 0 Å². The standard InChI is InChI=1S/C17H16N2O2/c20-16-10-4-1-6-13(16)7-5-11-21-17-14-8-2-3-9-15(14)18-12-19-17/h1-4,6,8-10,12,20H,5,7,11H2. The molecule has 0 spiro atoms. The average Bonchev–Trinajstić information content (AvgIpc) is 2.53. The van der Waals surface area contributed by atoms with Crippen molar-refractivity contribution in [3.05, 3.63) is 60.4 Å². The van der Waals surface area contributed by atoms with Crippen LogP contribution in [0.3, 0.4) is 0 Å². The zero-order valence-electron chi connectivity index (χ0n) is 11.6. The number of aryl methyl sites for hydroxylation is 1. The smallest absolute Gasteiger partial charge is 0.224 e. The Bertz CT molecular complexity index is 738. The van der Waals surface area contributed by atoms with Gasteiger partial charge >= 0.3 is 0 Å². The number of nitrogens with zero attached hydrogens (tertiary/aromatic N) is 2. The van der Waals surface area contributed by atoms with Crippen LogP contribution in [-0.4, -0.2) is 21.7 Å². The van der Waals surface area contributed by atoms with E-state index >= 15 is 0 Å². The highest BCUT2D eigenvalue weighted by Gasteiger charge is 2.04. The molecule has 4 heteroatoms. The van der Waals surface area contributed by atoms with Crippen LogP contribution in [0.5, 0.6) is 11.6 Å². The molecule has 0 aliphatic carbocycles. The van der Waals surface area contributed by atoms with Crippen molar-refractivity contribution in [1.29, 1.82) is 0 Å². The SMILES string of the molecule is Oc1ccccc1CCCOc1ncnc2ccccc12. The van der Waals surface area contributed by atoms with Gasteiger partial charge in [0, 0.05) is 0 Å². The Morgan fingerprint density at radius 3 is 2.67 bits per heavy atom. The van der Waals surface area contributed by atoms with Gasteiger partial charge in [-0.25, -0.2) is 9.97 Å². The molecule has 21 heavy (non-hydrogen) atoms. The second-order valence-corrected chi connectivity index (χ2v) is 4.78. The lowest BCUT2D eigenvalue weighted by Gasteiger charge is -2.08. The van der Waals surface area contributed by atoms with Gasteiger partial charge in [0.25, 0.3) is 0 Å². The molecule has 106 valence electrons. The molecule has 0 aliphatic heterocycles. The van der Waals surface area contributed by atoms with Crippen LogP contribution in [0, 0.1) is 0 Å². The van der Waals surface area contributed by atoms with E-state index in [-0.39, 0.29) is 0 Å². The summed E-state index contributed by atoms with van der Waals surface area (Å²) in [5.41, 5.74) is 1.82. The number of hydrogen-bond acceptors (Lipinski definition) is 4. The van der Waals surface area contributed by atoms with Gasteiger partial charge in [-0.2, -0.15) is 0 Å². The Hall–Kier alpha value is -2.62. The first kappa shape index (κ1) is 13.4. The summed E-state index contributed by atoms with van der Waals surface area (Å²) in [5.74, 6) is 0.947. The fourth-order valence-electron chi connectivity index (χ4n) is 2.25. The molecule has 0 saturated heterocycles. The highest BCUT2D eigenvalue weighted by atomic mass is 16.5. The maximum atomic E-state index is 9.71. The van der Waals surface area contributed by atoms with E-state index in [1.54, 1.807) is 6.07 Å². The number of aromatic nitrogens is 2. The van der Waals surface area contributed by atoms with Crippen molar-refractivity contribution in [3.63, 3.8) is 0 Å². The van der Waals surface area contributed by atoms with Crippen LogP contribution < -0.4 is 4.74 Å². The lowest BCUT2D eigenvalue weighted by atomic mass is 10.1. The fourth-order valence-corrected chi connectivity index (χ4v) is 2.25. The van der Waals surface area contributed by atoms with Crippen LogP contribution in [0.15, 0.2) is 54.9 Å². The molecule has 0 unspecified atom stereocenters. The van der Waals surface area contributed by atoms with E-state index in [9.17, 15) is 5.11 Å². The van der Waals surface area contributed by atoms with Gasteiger partial charge in [-0.05, 0) is 36.6 Å². The zero-order valence-corrected chi connectivity index (χ0v) is 11.6. The molecule has 1 aromatic heterocycles. The first-order valence-electron chi connectivity index (χ1n) is 6.94. The number of rotatable bonds is 5. The Balaban J connectivity index is 1.61. The first-order valence-corrected chi connectivity index (χ1v) is 6.94. The van der Waals surface area contributed by atoms with Crippen molar-refractivity contribution in [2.75, 3.05) is 6.61 Å². The number of fused-ring (bicyclic) bond motifs is 1. The van der Waals surface area contributed by atoms with Gasteiger partial charge in [0.15, 0.2) is 0 Å². The van der Waals surface area contributed by atoms with Gasteiger partial charge in [0.1, 0.15) is 12.1 Å². The number of phenols is 1. The minimum atomic E-state index is 0.338. The Labute approximate surface area is 123 Å². The predicted molar refractivity (Wildman–Crippen MR) is 81.5 cm³/mol. The summed E-state index contributed by atoms with van der Waals surface area (Å²) in [7, 11) is 0. The summed E-state index contributed by atoms with van der Waals surface area (Å²) in [5, 5.41) is 10.6. The van der Waals surface area contributed by atoms with E-state index in [0.29, 0.717) is 18.2 Å². The predicted octanol–water partition coefficient (Wildman–Crippen LogP) is 3.35. The number of para-hydroxylation sites is 2. The Morgan fingerprint density at radius 1 is 0.952 bits per heavy atom. The largest absolute Gasteiger partial charge is 0.508 e. The van der Waals surface area contributed by atoms with Crippen molar-refractivity contribution in [2.24, 2.45) is 0 Å². The quantitative estimate of drug-likeness (QED) is 0.728. The maximum absolute atomic E-state index is 9.71. The Kier molecular flexibility index (Phi) is 3.96. The van der Waals surface area contributed by atoms with E-state index in [0.717, 1.165) is 29.3 Å². The van der Waals surface area contributed by atoms with Gasteiger partial charge in [0.05, 0.1) is 17.5 Å². The van der Waals surface area contributed by atoms with Crippen LogP contribution in [0.25, 0.3) is 10.9 Å². The van der Waals surface area contributed by atoms with Crippen LogP contribution in [-0.2, 0) is 6.42 Å². The molecular weight excluding hydrogens is 264 g/mol. The van der Waals surface area contributed by atoms with E-state index in [4.69, 9.17) is 4.74 Å². The molecule has 2 aromatic carbocycles. The van der Waals surface area contributed by atoms with Crippen molar-refractivity contribution in [3.8, 4) is 11.6 Å². The highest BCUT2D eigenvalue weighted by Crippen LogP contribution is 2.21. The van der Waals surface area contributed by atoms with E-state index in [2.05, 4.69) is 9.97 Å². The first-order chi connectivity index (χ1) is 10.3. The normalized spacial score (nSPS) is 10.7. The second-order valence-electron chi connectivity index (χ2n) is 4.78. The number of phenolic OH excluding ortho intramolecular Hbond substituents is 1. The van der Waals surface area contributed by atoms with Gasteiger partial charge in [-0.15, -0.1) is 0 Å². The number of ether oxygens (including phenoxy) is 1. The molecule has 3 rings (SSSR count). The van der Waals surface area contributed by atoms with E-state index in [1.165, 1.54) is 6.33 Å². The van der Waals surface area contributed by atoms with Crippen molar-refractivity contribution < 1.29 is 9.84 Å². The van der Waals surface area contributed by atoms with Crippen LogP contribution in [0.1, 0.15) is 12.0 Å². The summed E-state index contributed by atoms with van der Waals surface area (Å²) in [6.07, 6.45) is 3.10. The van der Waals surface area contributed by atoms with Crippen molar-refractivity contribution in [1.82, 2.24) is 9.97 Å². The summed E-state index contributed by atoms with van der Waals surface area (Å²) >= 11 is 0.